The molecule has 0 saturated carbocycles. The number of piperazine rings is 1. The van der Waals surface area contributed by atoms with Crippen LogP contribution in [-0.2, 0) is 16.0 Å². The van der Waals surface area contributed by atoms with Gasteiger partial charge >= 0.3 is 0 Å². The molecule has 1 atom stereocenters. The maximum Gasteiger partial charge on any atom is 0.229 e. The van der Waals surface area contributed by atoms with Crippen LogP contribution >= 0.6 is 0 Å². The zero-order chi connectivity index (χ0) is 21.8. The molecule has 2 heterocycles. The summed E-state index contributed by atoms with van der Waals surface area (Å²) >= 11 is 0. The summed E-state index contributed by atoms with van der Waals surface area (Å²) in [6, 6.07) is 16.1. The molecule has 2 aliphatic rings. The molecule has 0 radical (unpaired) electrons. The van der Waals surface area contributed by atoms with Crippen LogP contribution in [0.4, 0.5) is 17.1 Å². The largest absolute Gasteiger partial charge is 0.369 e. The van der Waals surface area contributed by atoms with Crippen molar-refractivity contribution in [2.75, 3.05) is 54.4 Å². The summed E-state index contributed by atoms with van der Waals surface area (Å²) in [7, 11) is 0. The minimum absolute atomic E-state index is 0.00553. The highest BCUT2D eigenvalue weighted by atomic mass is 16.2. The lowest BCUT2D eigenvalue weighted by atomic mass is 10.1. The van der Waals surface area contributed by atoms with E-state index in [9.17, 15) is 9.59 Å². The van der Waals surface area contributed by atoms with Crippen molar-refractivity contribution in [2.24, 2.45) is 5.92 Å². The van der Waals surface area contributed by atoms with Crippen molar-refractivity contribution in [1.29, 1.82) is 0 Å². The molecule has 31 heavy (non-hydrogen) atoms. The van der Waals surface area contributed by atoms with E-state index in [2.05, 4.69) is 41.1 Å². The van der Waals surface area contributed by atoms with Crippen LogP contribution in [0.25, 0.3) is 0 Å². The van der Waals surface area contributed by atoms with E-state index in [1.807, 2.05) is 36.4 Å². The Morgan fingerprint density at radius 2 is 1.58 bits per heavy atom. The topological polar surface area (TPSA) is 55.9 Å². The van der Waals surface area contributed by atoms with E-state index in [4.69, 9.17) is 0 Å². The smallest absolute Gasteiger partial charge is 0.229 e. The van der Waals surface area contributed by atoms with E-state index in [0.717, 1.165) is 50.5 Å². The van der Waals surface area contributed by atoms with E-state index in [-0.39, 0.29) is 24.2 Å². The summed E-state index contributed by atoms with van der Waals surface area (Å²) in [4.78, 5) is 31.8. The molecule has 6 heteroatoms. The second-order valence-corrected chi connectivity index (χ2v) is 8.38. The highest BCUT2D eigenvalue weighted by molar-refractivity contribution is 6.03. The van der Waals surface area contributed by atoms with Crippen molar-refractivity contribution in [3.63, 3.8) is 0 Å². The van der Waals surface area contributed by atoms with Gasteiger partial charge in [0.1, 0.15) is 0 Å². The van der Waals surface area contributed by atoms with E-state index in [1.165, 1.54) is 11.3 Å². The molecule has 2 aliphatic heterocycles. The summed E-state index contributed by atoms with van der Waals surface area (Å²) < 4.78 is 0. The third kappa shape index (κ3) is 4.90. The van der Waals surface area contributed by atoms with Crippen LogP contribution < -0.4 is 15.1 Å². The number of nitrogens with zero attached hydrogens (tertiary/aromatic N) is 3. The van der Waals surface area contributed by atoms with Gasteiger partial charge in [0.25, 0.3) is 0 Å². The van der Waals surface area contributed by atoms with Crippen molar-refractivity contribution in [1.82, 2.24) is 4.90 Å². The highest BCUT2D eigenvalue weighted by Gasteiger charge is 2.35. The molecule has 1 N–H and O–H groups in total. The Bertz CT molecular complexity index is 902. The fourth-order valence-corrected chi connectivity index (χ4v) is 4.37. The molecule has 2 saturated heterocycles. The van der Waals surface area contributed by atoms with Gasteiger partial charge in [0, 0.05) is 56.2 Å². The molecule has 0 bridgehead atoms. The Kier molecular flexibility index (Phi) is 6.56. The SMILES string of the molecule is CCc1ccc(N2C[C@H](C(=O)Nc3ccc(N4CCN(CC)CC4)cc3)CC2=O)cc1. The van der Waals surface area contributed by atoms with Crippen molar-refractivity contribution in [3.05, 3.63) is 54.1 Å². The lowest BCUT2D eigenvalue weighted by molar-refractivity contribution is -0.122. The quantitative estimate of drug-likeness (QED) is 0.778. The van der Waals surface area contributed by atoms with Gasteiger partial charge in [-0.1, -0.05) is 26.0 Å². The lowest BCUT2D eigenvalue weighted by Gasteiger charge is -2.35. The Labute approximate surface area is 184 Å². The number of hydrogen-bond acceptors (Lipinski definition) is 4. The second-order valence-electron chi connectivity index (χ2n) is 8.38. The third-order valence-electron chi connectivity index (χ3n) is 6.47. The summed E-state index contributed by atoms with van der Waals surface area (Å²) in [5, 5.41) is 3.00. The number of anilines is 3. The summed E-state index contributed by atoms with van der Waals surface area (Å²) in [5.74, 6) is -0.420. The molecule has 0 aromatic heterocycles. The van der Waals surface area contributed by atoms with Crippen molar-refractivity contribution < 1.29 is 9.59 Å². The molecular weight excluding hydrogens is 388 g/mol. The van der Waals surface area contributed by atoms with Gasteiger partial charge in [0.05, 0.1) is 5.92 Å². The molecular formula is C25H32N4O2. The maximum atomic E-state index is 12.8. The summed E-state index contributed by atoms with van der Waals surface area (Å²) in [6.45, 7) is 10.1. The summed E-state index contributed by atoms with van der Waals surface area (Å²) in [6.07, 6.45) is 1.22. The van der Waals surface area contributed by atoms with Gasteiger partial charge in [-0.05, 0) is 54.9 Å². The predicted octanol–water partition coefficient (Wildman–Crippen LogP) is 3.38. The van der Waals surface area contributed by atoms with Crippen LogP contribution in [0.5, 0.6) is 0 Å². The maximum absolute atomic E-state index is 12.8. The van der Waals surface area contributed by atoms with Gasteiger partial charge in [0.2, 0.25) is 11.8 Å². The predicted molar refractivity (Wildman–Crippen MR) is 126 cm³/mol. The molecule has 2 aromatic carbocycles. The monoisotopic (exact) mass is 420 g/mol. The lowest BCUT2D eigenvalue weighted by Crippen LogP contribution is -2.46. The number of amides is 2. The fourth-order valence-electron chi connectivity index (χ4n) is 4.37. The van der Waals surface area contributed by atoms with Gasteiger partial charge in [-0.15, -0.1) is 0 Å². The second kappa shape index (κ2) is 9.52. The molecule has 6 nitrogen and oxygen atoms in total. The first-order chi connectivity index (χ1) is 15.1. The normalized spacial score (nSPS) is 19.7. The van der Waals surface area contributed by atoms with E-state index >= 15 is 0 Å². The van der Waals surface area contributed by atoms with Gasteiger partial charge < -0.3 is 20.0 Å². The molecule has 0 aliphatic carbocycles. The van der Waals surface area contributed by atoms with Crippen LogP contribution in [0, 0.1) is 5.92 Å². The first-order valence-electron chi connectivity index (χ1n) is 11.3. The number of likely N-dealkylation sites (N-methyl/N-ethyl adjacent to an activating group) is 1. The Hall–Kier alpha value is -2.86. The van der Waals surface area contributed by atoms with E-state index in [1.54, 1.807) is 4.90 Å². The molecule has 2 amide bonds. The third-order valence-corrected chi connectivity index (χ3v) is 6.47. The van der Waals surface area contributed by atoms with Crippen LogP contribution in [0.15, 0.2) is 48.5 Å². The minimum Gasteiger partial charge on any atom is -0.369 e. The first kappa shape index (κ1) is 21.4. The van der Waals surface area contributed by atoms with Crippen LogP contribution in [0.1, 0.15) is 25.8 Å². The number of aryl methyl sites for hydroxylation is 1. The van der Waals surface area contributed by atoms with Crippen molar-refractivity contribution >= 4 is 28.9 Å². The van der Waals surface area contributed by atoms with Gasteiger partial charge in [0.15, 0.2) is 0 Å². The molecule has 0 spiro atoms. The highest BCUT2D eigenvalue weighted by Crippen LogP contribution is 2.27. The molecule has 0 unspecified atom stereocenters. The average molecular weight is 421 g/mol. The molecule has 164 valence electrons. The van der Waals surface area contributed by atoms with Gasteiger partial charge in [-0.3, -0.25) is 9.59 Å². The van der Waals surface area contributed by atoms with Gasteiger partial charge in [-0.2, -0.15) is 0 Å². The Morgan fingerprint density at radius 1 is 0.935 bits per heavy atom. The summed E-state index contributed by atoms with van der Waals surface area (Å²) in [5.41, 5.74) is 4.07. The zero-order valence-corrected chi connectivity index (χ0v) is 18.5. The number of carbonyl (C=O) groups is 2. The van der Waals surface area contributed by atoms with Crippen molar-refractivity contribution in [2.45, 2.75) is 26.7 Å². The van der Waals surface area contributed by atoms with Crippen molar-refractivity contribution in [3.8, 4) is 0 Å². The Balaban J connectivity index is 1.33. The van der Waals surface area contributed by atoms with E-state index in [0.29, 0.717) is 6.54 Å². The number of rotatable bonds is 6. The zero-order valence-electron chi connectivity index (χ0n) is 18.5. The van der Waals surface area contributed by atoms with Crippen LogP contribution in [0.2, 0.25) is 0 Å². The first-order valence-corrected chi connectivity index (χ1v) is 11.3. The number of benzene rings is 2. The van der Waals surface area contributed by atoms with Crippen LogP contribution in [-0.4, -0.2) is 56.0 Å². The Morgan fingerprint density at radius 3 is 2.19 bits per heavy atom. The minimum atomic E-state index is -0.333. The number of hydrogen-bond donors (Lipinski definition) is 1. The standard InChI is InChI=1S/C25H32N4O2/c1-3-19-5-9-23(10-6-19)29-18-20(17-24(29)30)25(31)26-21-7-11-22(12-8-21)28-15-13-27(4-2)14-16-28/h5-12,20H,3-4,13-18H2,1-2H3,(H,26,31)/t20-/m1/s1. The number of carbonyl (C=O) groups excluding carboxylic acids is 2. The molecule has 2 fully saturated rings. The number of nitrogens with one attached hydrogen (secondary N) is 1. The molecule has 2 aromatic rings. The fraction of sp³-hybridized carbons (Fsp3) is 0.440. The van der Waals surface area contributed by atoms with Crippen LogP contribution in [0.3, 0.4) is 0 Å². The average Bonchev–Trinajstić information content (AvgIpc) is 3.21. The molecule has 4 rings (SSSR count). The van der Waals surface area contributed by atoms with Gasteiger partial charge in [-0.25, -0.2) is 0 Å². The van der Waals surface area contributed by atoms with E-state index < -0.39 is 0 Å².